The summed E-state index contributed by atoms with van der Waals surface area (Å²) in [5, 5.41) is 3.83. The van der Waals surface area contributed by atoms with Gasteiger partial charge in [-0.1, -0.05) is 54.6 Å². The minimum atomic E-state index is -0.280. The van der Waals surface area contributed by atoms with Crippen LogP contribution < -0.4 is 15.5 Å². The van der Waals surface area contributed by atoms with Crippen LogP contribution in [0.2, 0.25) is 0 Å². The predicted molar refractivity (Wildman–Crippen MR) is 126 cm³/mol. The third-order valence-electron chi connectivity index (χ3n) is 5.20. The number of carbonyl (C=O) groups excluding carboxylic acids is 1. The average molecular weight is 421 g/mol. The maximum atomic E-state index is 12.6. The number of benzene rings is 4. The number of fused-ring (bicyclic) bond motifs is 2. The Labute approximate surface area is 183 Å². The summed E-state index contributed by atoms with van der Waals surface area (Å²) in [5.74, 6) is 0.169. The molecule has 0 atom stereocenters. The molecule has 0 aliphatic rings. The van der Waals surface area contributed by atoms with E-state index >= 15 is 0 Å². The molecule has 1 aromatic heterocycles. The molecular weight excluding hydrogens is 402 g/mol. The van der Waals surface area contributed by atoms with Crippen molar-refractivity contribution in [3.8, 4) is 16.9 Å². The zero-order valence-electron chi connectivity index (χ0n) is 17.1. The van der Waals surface area contributed by atoms with E-state index in [1.54, 1.807) is 36.4 Å². The number of anilines is 1. The van der Waals surface area contributed by atoms with Crippen molar-refractivity contribution in [3.63, 3.8) is 0 Å². The average Bonchev–Trinajstić information content (AvgIpc) is 2.84. The number of carbonyl (C=O) groups is 1. The number of amides is 1. The van der Waals surface area contributed by atoms with E-state index in [1.165, 1.54) is 0 Å². The topological polar surface area (TPSA) is 68.5 Å². The van der Waals surface area contributed by atoms with Crippen molar-refractivity contribution in [1.29, 1.82) is 0 Å². The van der Waals surface area contributed by atoms with Crippen LogP contribution in [0.1, 0.15) is 0 Å². The molecule has 5 heteroatoms. The number of hydrogen-bond acceptors (Lipinski definition) is 4. The lowest BCUT2D eigenvalue weighted by molar-refractivity contribution is -0.118. The van der Waals surface area contributed by atoms with Gasteiger partial charge < -0.3 is 14.5 Å². The van der Waals surface area contributed by atoms with Crippen molar-refractivity contribution in [2.75, 3.05) is 11.9 Å². The molecule has 5 rings (SSSR count). The van der Waals surface area contributed by atoms with Gasteiger partial charge in [0, 0.05) is 11.8 Å². The highest BCUT2D eigenvalue weighted by Crippen LogP contribution is 2.23. The summed E-state index contributed by atoms with van der Waals surface area (Å²) in [6.45, 7) is -0.163. The fourth-order valence-corrected chi connectivity index (χ4v) is 3.59. The van der Waals surface area contributed by atoms with Crippen LogP contribution in [0.3, 0.4) is 0 Å². The Kier molecular flexibility index (Phi) is 5.14. The van der Waals surface area contributed by atoms with Crippen LogP contribution in [-0.2, 0) is 4.79 Å². The van der Waals surface area contributed by atoms with Gasteiger partial charge in [-0.2, -0.15) is 0 Å². The summed E-state index contributed by atoms with van der Waals surface area (Å²) in [6, 6.07) is 29.7. The first-order valence-electron chi connectivity index (χ1n) is 10.2. The Morgan fingerprint density at radius 1 is 0.750 bits per heavy atom. The summed E-state index contributed by atoms with van der Waals surface area (Å²) in [7, 11) is 0. The molecule has 0 aliphatic heterocycles. The van der Waals surface area contributed by atoms with Crippen LogP contribution in [0.5, 0.6) is 5.75 Å². The molecular formula is C27H19NO4. The fraction of sp³-hybridized carbons (Fsp3) is 0.0370. The Morgan fingerprint density at radius 3 is 2.25 bits per heavy atom. The number of rotatable bonds is 5. The lowest BCUT2D eigenvalue weighted by atomic mass is 10.1. The molecule has 0 bridgehead atoms. The van der Waals surface area contributed by atoms with Crippen molar-refractivity contribution in [2.45, 2.75) is 0 Å². The maximum Gasteiger partial charge on any atom is 0.262 e. The second-order valence-electron chi connectivity index (χ2n) is 7.37. The molecule has 0 aliphatic carbocycles. The van der Waals surface area contributed by atoms with Crippen LogP contribution in [-0.4, -0.2) is 12.5 Å². The Morgan fingerprint density at radius 2 is 1.44 bits per heavy atom. The smallest absolute Gasteiger partial charge is 0.262 e. The van der Waals surface area contributed by atoms with E-state index < -0.39 is 0 Å². The molecule has 0 saturated carbocycles. The summed E-state index contributed by atoms with van der Waals surface area (Å²) < 4.78 is 11.5. The number of ether oxygens (including phenoxy) is 1. The van der Waals surface area contributed by atoms with Crippen molar-refractivity contribution in [3.05, 3.63) is 107 Å². The van der Waals surface area contributed by atoms with E-state index in [0.717, 1.165) is 11.1 Å². The third-order valence-corrected chi connectivity index (χ3v) is 5.20. The van der Waals surface area contributed by atoms with E-state index in [9.17, 15) is 9.59 Å². The molecule has 1 heterocycles. The minimum absolute atomic E-state index is 0.0925. The van der Waals surface area contributed by atoms with Crippen LogP contribution in [0.4, 0.5) is 5.69 Å². The standard InChI is InChI=1S/C27H19NO4/c29-26(28-20-12-10-19(11-13-20)18-6-2-1-3-7-18)17-31-21-14-15-23-25(16-21)32-24-9-5-4-8-22(24)27(23)30/h1-16H,17H2,(H,28,29). The van der Waals surface area contributed by atoms with Gasteiger partial charge in [0.05, 0.1) is 10.8 Å². The van der Waals surface area contributed by atoms with Gasteiger partial charge >= 0.3 is 0 Å². The zero-order valence-corrected chi connectivity index (χ0v) is 17.1. The van der Waals surface area contributed by atoms with Crippen molar-refractivity contribution < 1.29 is 13.9 Å². The first-order valence-corrected chi connectivity index (χ1v) is 10.2. The number of nitrogens with one attached hydrogen (secondary N) is 1. The summed E-state index contributed by atoms with van der Waals surface area (Å²) in [5.41, 5.74) is 3.72. The van der Waals surface area contributed by atoms with Gasteiger partial charge in [0.15, 0.2) is 6.61 Å². The Hall–Kier alpha value is -4.38. The van der Waals surface area contributed by atoms with E-state index in [0.29, 0.717) is 33.4 Å². The molecule has 156 valence electrons. The van der Waals surface area contributed by atoms with Crippen molar-refractivity contribution in [2.24, 2.45) is 0 Å². The maximum absolute atomic E-state index is 12.6. The molecule has 0 saturated heterocycles. The normalized spacial score (nSPS) is 10.9. The van der Waals surface area contributed by atoms with Gasteiger partial charge in [-0.05, 0) is 47.5 Å². The first kappa shape index (κ1) is 19.6. The molecule has 0 unspecified atom stereocenters. The van der Waals surface area contributed by atoms with Gasteiger partial charge in [0.2, 0.25) is 5.43 Å². The molecule has 0 spiro atoms. The van der Waals surface area contributed by atoms with E-state index in [1.807, 2.05) is 60.7 Å². The van der Waals surface area contributed by atoms with Crippen molar-refractivity contribution in [1.82, 2.24) is 0 Å². The molecule has 0 radical (unpaired) electrons. The third kappa shape index (κ3) is 3.96. The molecule has 1 amide bonds. The van der Waals surface area contributed by atoms with E-state index in [2.05, 4.69) is 5.32 Å². The SMILES string of the molecule is O=C(COc1ccc2c(=O)c3ccccc3oc2c1)Nc1ccc(-c2ccccc2)cc1. The van der Waals surface area contributed by atoms with Gasteiger partial charge in [0.1, 0.15) is 16.9 Å². The van der Waals surface area contributed by atoms with Crippen LogP contribution in [0.25, 0.3) is 33.1 Å². The van der Waals surface area contributed by atoms with Crippen LogP contribution in [0.15, 0.2) is 106 Å². The highest BCUT2D eigenvalue weighted by Gasteiger charge is 2.10. The summed E-state index contributed by atoms with van der Waals surface area (Å²) in [6.07, 6.45) is 0. The molecule has 0 fully saturated rings. The molecule has 32 heavy (non-hydrogen) atoms. The van der Waals surface area contributed by atoms with Crippen LogP contribution in [0, 0.1) is 0 Å². The largest absolute Gasteiger partial charge is 0.484 e. The fourth-order valence-electron chi connectivity index (χ4n) is 3.59. The quantitative estimate of drug-likeness (QED) is 0.374. The Bertz CT molecular complexity index is 1470. The lowest BCUT2D eigenvalue weighted by Gasteiger charge is -2.09. The van der Waals surface area contributed by atoms with E-state index in [-0.39, 0.29) is 17.9 Å². The van der Waals surface area contributed by atoms with Crippen molar-refractivity contribution >= 4 is 33.5 Å². The summed E-state index contributed by atoms with van der Waals surface area (Å²) in [4.78, 5) is 24.9. The second kappa shape index (κ2) is 8.40. The Balaban J connectivity index is 1.26. The van der Waals surface area contributed by atoms with Gasteiger partial charge in [-0.25, -0.2) is 0 Å². The highest BCUT2D eigenvalue weighted by molar-refractivity contribution is 5.92. The monoisotopic (exact) mass is 421 g/mol. The van der Waals surface area contributed by atoms with E-state index in [4.69, 9.17) is 9.15 Å². The summed E-state index contributed by atoms with van der Waals surface area (Å²) >= 11 is 0. The molecule has 5 aromatic rings. The minimum Gasteiger partial charge on any atom is -0.484 e. The highest BCUT2D eigenvalue weighted by atomic mass is 16.5. The molecule has 1 N–H and O–H groups in total. The van der Waals surface area contributed by atoms with Crippen LogP contribution >= 0.6 is 0 Å². The van der Waals surface area contributed by atoms with Gasteiger partial charge in [0.25, 0.3) is 5.91 Å². The molecule has 4 aromatic carbocycles. The first-order chi connectivity index (χ1) is 15.7. The second-order valence-corrected chi connectivity index (χ2v) is 7.37. The zero-order chi connectivity index (χ0) is 21.9. The number of para-hydroxylation sites is 1. The molecule has 5 nitrogen and oxygen atoms in total. The number of hydrogen-bond donors (Lipinski definition) is 1. The predicted octanol–water partition coefficient (Wildman–Crippen LogP) is 5.63. The van der Waals surface area contributed by atoms with Gasteiger partial charge in [-0.3, -0.25) is 9.59 Å². The lowest BCUT2D eigenvalue weighted by Crippen LogP contribution is -2.20. The van der Waals surface area contributed by atoms with Gasteiger partial charge in [-0.15, -0.1) is 0 Å².